The summed E-state index contributed by atoms with van der Waals surface area (Å²) in [6.45, 7) is 3.81. The number of hydrogen-bond acceptors (Lipinski definition) is 6. The summed E-state index contributed by atoms with van der Waals surface area (Å²) in [4.78, 5) is 26.8. The van der Waals surface area contributed by atoms with Gasteiger partial charge in [0, 0.05) is 19.6 Å². The summed E-state index contributed by atoms with van der Waals surface area (Å²) in [5.74, 6) is -0.232. The van der Waals surface area contributed by atoms with E-state index in [0.717, 1.165) is 11.3 Å². The van der Waals surface area contributed by atoms with Gasteiger partial charge in [0.15, 0.2) is 0 Å². The first-order valence-corrected chi connectivity index (χ1v) is 8.94. The average Bonchev–Trinajstić information content (AvgIpc) is 2.65. The van der Waals surface area contributed by atoms with E-state index in [9.17, 15) is 9.59 Å². The van der Waals surface area contributed by atoms with Crippen LogP contribution >= 0.6 is 0 Å². The summed E-state index contributed by atoms with van der Waals surface area (Å²) < 4.78 is 16.6. The molecule has 2 atom stereocenters. The van der Waals surface area contributed by atoms with E-state index in [1.165, 1.54) is 0 Å². The predicted molar refractivity (Wildman–Crippen MR) is 98.7 cm³/mol. The lowest BCUT2D eigenvalue weighted by Gasteiger charge is -2.35. The fourth-order valence-corrected chi connectivity index (χ4v) is 2.98. The van der Waals surface area contributed by atoms with Gasteiger partial charge in [-0.2, -0.15) is 0 Å². The number of methoxy groups -OCH3 is 1. The predicted octanol–water partition coefficient (Wildman–Crippen LogP) is 0.844. The molecule has 1 aromatic rings. The Morgan fingerprint density at radius 1 is 1.44 bits per heavy atom. The number of amides is 1. The molecule has 8 heteroatoms. The second-order valence-corrected chi connectivity index (χ2v) is 6.67. The van der Waals surface area contributed by atoms with Gasteiger partial charge in [-0.3, -0.25) is 14.5 Å². The van der Waals surface area contributed by atoms with Gasteiger partial charge in [0.2, 0.25) is 0 Å². The molecule has 1 aliphatic rings. The maximum Gasteiger partial charge on any atom is 0.317 e. The summed E-state index contributed by atoms with van der Waals surface area (Å²) in [7, 11) is 3.33. The molecule has 0 saturated carbocycles. The molecule has 150 valence electrons. The highest BCUT2D eigenvalue weighted by Crippen LogP contribution is 2.15. The molecule has 1 amide bonds. The molecular formula is C19H28N2O6. The van der Waals surface area contributed by atoms with Crippen LogP contribution in [0.3, 0.4) is 0 Å². The van der Waals surface area contributed by atoms with E-state index in [2.05, 4.69) is 0 Å². The number of aliphatic carboxylic acids is 1. The van der Waals surface area contributed by atoms with Crippen LogP contribution in [-0.4, -0.2) is 85.9 Å². The molecule has 1 aliphatic heterocycles. The average molecular weight is 380 g/mol. The van der Waals surface area contributed by atoms with Gasteiger partial charge >= 0.3 is 5.97 Å². The van der Waals surface area contributed by atoms with Crippen LogP contribution in [0.1, 0.15) is 12.5 Å². The third-order valence-corrected chi connectivity index (χ3v) is 4.35. The number of carboxylic acids is 1. The molecule has 0 aromatic heterocycles. The molecular weight excluding hydrogens is 352 g/mol. The van der Waals surface area contributed by atoms with Crippen LogP contribution in [0.25, 0.3) is 0 Å². The number of morpholine rings is 1. The van der Waals surface area contributed by atoms with E-state index < -0.39 is 12.1 Å². The third kappa shape index (κ3) is 6.82. The molecule has 0 aliphatic carbocycles. The Bertz CT molecular complexity index is 638. The monoisotopic (exact) mass is 380 g/mol. The fourth-order valence-electron chi connectivity index (χ4n) is 2.98. The zero-order valence-corrected chi connectivity index (χ0v) is 16.1. The van der Waals surface area contributed by atoms with Crippen molar-refractivity contribution in [2.45, 2.75) is 25.7 Å². The minimum Gasteiger partial charge on any atom is -0.497 e. The van der Waals surface area contributed by atoms with E-state index in [4.69, 9.17) is 19.3 Å². The van der Waals surface area contributed by atoms with Crippen molar-refractivity contribution in [2.75, 3.05) is 46.9 Å². The Hall–Kier alpha value is -2.16. The molecule has 0 bridgehead atoms. The minimum atomic E-state index is -0.888. The molecule has 1 fully saturated rings. The van der Waals surface area contributed by atoms with Crippen LogP contribution in [0.2, 0.25) is 0 Å². The molecule has 8 nitrogen and oxygen atoms in total. The number of carbonyl (C=O) groups is 2. The van der Waals surface area contributed by atoms with Crippen LogP contribution in [0, 0.1) is 0 Å². The first-order chi connectivity index (χ1) is 12.9. The first kappa shape index (κ1) is 21.1. The van der Waals surface area contributed by atoms with E-state index in [1.807, 2.05) is 24.3 Å². The van der Waals surface area contributed by atoms with Gasteiger partial charge in [-0.05, 0) is 31.7 Å². The minimum absolute atomic E-state index is 0.0616. The quantitative estimate of drug-likeness (QED) is 0.679. The van der Waals surface area contributed by atoms with Crippen molar-refractivity contribution < 1.29 is 28.9 Å². The summed E-state index contributed by atoms with van der Waals surface area (Å²) >= 11 is 0. The van der Waals surface area contributed by atoms with Crippen LogP contribution in [0.4, 0.5) is 0 Å². The Balaban J connectivity index is 1.83. The zero-order valence-electron chi connectivity index (χ0n) is 16.1. The number of ether oxygens (including phenoxy) is 3. The fraction of sp³-hybridized carbons (Fsp3) is 0.579. The summed E-state index contributed by atoms with van der Waals surface area (Å²) in [5, 5.41) is 8.84. The lowest BCUT2D eigenvalue weighted by Crippen LogP contribution is -2.52. The second kappa shape index (κ2) is 10.2. The van der Waals surface area contributed by atoms with Crippen LogP contribution < -0.4 is 4.74 Å². The topological polar surface area (TPSA) is 88.5 Å². The summed E-state index contributed by atoms with van der Waals surface area (Å²) in [5.41, 5.74) is 0.934. The van der Waals surface area contributed by atoms with Gasteiger partial charge in [0.1, 0.15) is 11.9 Å². The summed E-state index contributed by atoms with van der Waals surface area (Å²) in [6.07, 6.45) is -0.788. The number of nitrogens with zero attached hydrogens (tertiary/aromatic N) is 2. The Labute approximate surface area is 159 Å². The van der Waals surface area contributed by atoms with Gasteiger partial charge in [0.05, 0.1) is 33.0 Å². The molecule has 2 unspecified atom stereocenters. The molecule has 1 N–H and O–H groups in total. The smallest absolute Gasteiger partial charge is 0.317 e. The molecule has 0 spiro atoms. The number of likely N-dealkylation sites (N-methyl/N-ethyl adjacent to an activating group) is 1. The standard InChI is InChI=1S/C19H28N2O6/c1-14(27-13-15-5-4-6-16(9-15)25-3)19(24)21-7-8-26-17(11-21)10-20(2)12-18(22)23/h4-6,9,14,17H,7-8,10-13H2,1-3H3,(H,22,23). The number of hydrogen-bond donors (Lipinski definition) is 1. The van der Waals surface area contributed by atoms with Crippen LogP contribution in [-0.2, 0) is 25.7 Å². The van der Waals surface area contributed by atoms with E-state index in [-0.39, 0.29) is 18.6 Å². The number of rotatable bonds is 9. The number of carboxylic acid groups (broad SMARTS) is 1. The van der Waals surface area contributed by atoms with Crippen molar-refractivity contribution >= 4 is 11.9 Å². The van der Waals surface area contributed by atoms with Crippen molar-refractivity contribution in [1.29, 1.82) is 0 Å². The Morgan fingerprint density at radius 3 is 2.93 bits per heavy atom. The van der Waals surface area contributed by atoms with Gasteiger partial charge in [0.25, 0.3) is 5.91 Å². The highest BCUT2D eigenvalue weighted by Gasteiger charge is 2.28. The summed E-state index contributed by atoms with van der Waals surface area (Å²) in [6, 6.07) is 7.53. The second-order valence-electron chi connectivity index (χ2n) is 6.67. The molecule has 27 heavy (non-hydrogen) atoms. The maximum absolute atomic E-state index is 12.7. The third-order valence-electron chi connectivity index (χ3n) is 4.35. The molecule has 1 aromatic carbocycles. The van der Waals surface area contributed by atoms with Gasteiger partial charge < -0.3 is 24.2 Å². The van der Waals surface area contributed by atoms with E-state index in [1.54, 1.807) is 30.9 Å². The molecule has 1 saturated heterocycles. The number of benzene rings is 1. The molecule has 2 rings (SSSR count). The van der Waals surface area contributed by atoms with E-state index in [0.29, 0.717) is 32.8 Å². The van der Waals surface area contributed by atoms with Gasteiger partial charge in [-0.15, -0.1) is 0 Å². The van der Waals surface area contributed by atoms with E-state index >= 15 is 0 Å². The molecule has 1 heterocycles. The lowest BCUT2D eigenvalue weighted by atomic mass is 10.2. The van der Waals surface area contributed by atoms with Crippen molar-refractivity contribution in [2.24, 2.45) is 0 Å². The van der Waals surface area contributed by atoms with Gasteiger partial charge in [-0.1, -0.05) is 12.1 Å². The largest absolute Gasteiger partial charge is 0.497 e. The van der Waals surface area contributed by atoms with Crippen molar-refractivity contribution in [3.05, 3.63) is 29.8 Å². The van der Waals surface area contributed by atoms with Crippen molar-refractivity contribution in [1.82, 2.24) is 9.80 Å². The van der Waals surface area contributed by atoms with Crippen LogP contribution in [0.15, 0.2) is 24.3 Å². The van der Waals surface area contributed by atoms with Crippen LogP contribution in [0.5, 0.6) is 5.75 Å². The first-order valence-electron chi connectivity index (χ1n) is 8.94. The Morgan fingerprint density at radius 2 is 2.22 bits per heavy atom. The highest BCUT2D eigenvalue weighted by atomic mass is 16.5. The van der Waals surface area contributed by atoms with Gasteiger partial charge in [-0.25, -0.2) is 0 Å². The zero-order chi connectivity index (χ0) is 19.8. The van der Waals surface area contributed by atoms with Crippen molar-refractivity contribution in [3.8, 4) is 5.75 Å². The number of carbonyl (C=O) groups excluding carboxylic acids is 1. The lowest BCUT2D eigenvalue weighted by molar-refractivity contribution is -0.152. The Kier molecular flexibility index (Phi) is 8.02. The highest BCUT2D eigenvalue weighted by molar-refractivity contribution is 5.80. The molecule has 0 radical (unpaired) electrons. The van der Waals surface area contributed by atoms with Crippen molar-refractivity contribution in [3.63, 3.8) is 0 Å². The normalized spacial score (nSPS) is 18.4. The SMILES string of the molecule is COc1cccc(COC(C)C(=O)N2CCOC(CN(C)CC(=O)O)C2)c1. The maximum atomic E-state index is 12.7.